The van der Waals surface area contributed by atoms with Crippen molar-refractivity contribution in [2.24, 2.45) is 10.8 Å². The Morgan fingerprint density at radius 3 is 2.02 bits per heavy atom. The van der Waals surface area contributed by atoms with Crippen LogP contribution in [0.4, 0.5) is 11.6 Å². The van der Waals surface area contributed by atoms with Crippen molar-refractivity contribution in [2.75, 3.05) is 37.6 Å². The Hall–Kier alpha value is -4.46. The van der Waals surface area contributed by atoms with E-state index >= 15 is 0 Å². The van der Waals surface area contributed by atoms with E-state index in [9.17, 15) is 45.0 Å². The number of H-pyrrole nitrogens is 1. The highest BCUT2D eigenvalue weighted by Crippen LogP contribution is 2.37. The van der Waals surface area contributed by atoms with Crippen LogP contribution in [0.3, 0.4) is 0 Å². The Kier molecular flexibility index (Phi) is 12.7. The molecule has 0 spiro atoms. The number of hydrogen-bond donors (Lipinski definition) is 11. The Balaban J connectivity index is 0.000000147. The second-order valence-electron chi connectivity index (χ2n) is 13.1. The number of amidine groups is 1. The fourth-order valence-electron chi connectivity index (χ4n) is 6.53. The van der Waals surface area contributed by atoms with Crippen LogP contribution in [0.5, 0.6) is 0 Å². The molecule has 11 atom stereocenters. The molecule has 0 aliphatic carbocycles. The highest BCUT2D eigenvalue weighted by atomic mass is 127. The molecule has 57 heavy (non-hydrogen) atoms. The highest BCUT2D eigenvalue weighted by Gasteiger charge is 2.45. The fourth-order valence-corrected chi connectivity index (χ4v) is 6.96. The zero-order valence-electron chi connectivity index (χ0n) is 29.7. The molecule has 0 aromatic carbocycles. The normalized spacial score (nSPS) is 30.5. The number of aromatic nitrogens is 7. The maximum Gasteiger partial charge on any atom is 0.351 e. The lowest BCUT2D eigenvalue weighted by atomic mass is 10.1. The summed E-state index contributed by atoms with van der Waals surface area (Å²) in [7, 11) is 1.72. The van der Waals surface area contributed by atoms with Gasteiger partial charge < -0.3 is 71.1 Å². The van der Waals surface area contributed by atoms with Crippen molar-refractivity contribution < 1.29 is 55.1 Å². The molecule has 3 saturated heterocycles. The summed E-state index contributed by atoms with van der Waals surface area (Å²) in [6.45, 7) is -1.16. The molecule has 8 heterocycles. The lowest BCUT2D eigenvalue weighted by molar-refractivity contribution is -0.0549. The minimum absolute atomic E-state index is 0.0537. The topological polar surface area (TPSA) is 378 Å². The molecule has 4 aliphatic rings. The van der Waals surface area contributed by atoms with Crippen LogP contribution in [-0.4, -0.2) is 156 Å². The Labute approximate surface area is 332 Å². The molecular weight excluding hydrogens is 877 g/mol. The second-order valence-corrected chi connectivity index (χ2v) is 14.3. The van der Waals surface area contributed by atoms with Crippen molar-refractivity contribution in [1.82, 2.24) is 33.6 Å². The Morgan fingerprint density at radius 2 is 1.46 bits per heavy atom. The van der Waals surface area contributed by atoms with Crippen LogP contribution >= 0.6 is 22.6 Å². The number of nitrogen functional groups attached to an aromatic ring is 1. The standard InChI is InChI=1S/C13H16N6O4.C9H11IN2O5.C9H13N3O5/c1-18-11-7-5(10(14)17-18)2-19(12(7)16-4-15-11)13-9(22)8(21)6(3-20)23-13;10-4-2-12(9(16)11-8(4)15)7-1-5(14)6(3-13)17-7;10-5-1-2-12(9(16)11-5)8-7(15)6(14)4(3-13)17-8/h2,4,6,8-9,13,20-22H,3H2,1H3,(H2,14,17);2,5-7,13-14H,1,3H2,(H,11,15,16);1-2,4,6-8,13-15H,3H2,(H2,10,11,16)/t6-,8-,9-,13-;5-,6+,7?;4-,6-,7+,8-/m101/s1. The SMILES string of the molecule is CN1N=C(N)c2cn([C@@H]3O[C@H](CO)[C@@H](O)[C@H]3O)c3ncnc1c23.Nc1ccn([C@@H]2O[C@H](CO)[C@@H](O)[C@@H]2O)c(=O)n1.O=c1[nH]c(=O)n(C2C[C@H](O)[C@@H](CO)O2)cc1I. The number of anilines is 2. The minimum Gasteiger partial charge on any atom is -0.394 e. The van der Waals surface area contributed by atoms with Gasteiger partial charge in [-0.2, -0.15) is 10.1 Å². The van der Waals surface area contributed by atoms with Gasteiger partial charge in [0, 0.05) is 37.6 Å². The largest absolute Gasteiger partial charge is 0.394 e. The molecule has 0 saturated carbocycles. The molecular formula is C31H40IN11O14. The molecule has 4 aromatic heterocycles. The number of rotatable bonds is 6. The second kappa shape index (κ2) is 17.2. The predicted molar refractivity (Wildman–Crippen MR) is 201 cm³/mol. The van der Waals surface area contributed by atoms with Crippen molar-refractivity contribution in [2.45, 2.75) is 73.9 Å². The summed E-state index contributed by atoms with van der Waals surface area (Å²) in [4.78, 5) is 48.3. The van der Waals surface area contributed by atoms with E-state index in [2.05, 4.69) is 25.0 Å². The van der Waals surface area contributed by atoms with E-state index < -0.39 is 97.7 Å². The van der Waals surface area contributed by atoms with Gasteiger partial charge in [-0.15, -0.1) is 0 Å². The van der Waals surface area contributed by atoms with Gasteiger partial charge in [0.05, 0.1) is 34.9 Å². The van der Waals surface area contributed by atoms with Gasteiger partial charge in [0.15, 0.2) is 24.1 Å². The summed E-state index contributed by atoms with van der Waals surface area (Å²) in [6.07, 6.45) is -4.98. The van der Waals surface area contributed by atoms with Crippen molar-refractivity contribution in [3.8, 4) is 0 Å². The molecule has 310 valence electrons. The lowest BCUT2D eigenvalue weighted by Gasteiger charge is -2.19. The first-order chi connectivity index (χ1) is 27.1. The average molecular weight is 918 g/mol. The molecule has 0 bridgehead atoms. The number of nitrogens with zero attached hydrogens (tertiary/aromatic N) is 8. The van der Waals surface area contributed by atoms with E-state index in [1.807, 2.05) is 0 Å². The zero-order chi connectivity index (χ0) is 41.5. The van der Waals surface area contributed by atoms with E-state index in [1.54, 1.807) is 45.4 Å². The molecule has 4 aliphatic heterocycles. The molecule has 1 unspecified atom stereocenters. The van der Waals surface area contributed by atoms with Crippen LogP contribution in [0.1, 0.15) is 30.7 Å². The first-order valence-corrected chi connectivity index (χ1v) is 18.2. The third kappa shape index (κ3) is 8.16. The van der Waals surface area contributed by atoms with Crippen LogP contribution in [0, 0.1) is 3.57 Å². The number of nitrogens with one attached hydrogen (secondary N) is 1. The van der Waals surface area contributed by atoms with E-state index in [4.69, 9.17) is 35.9 Å². The summed E-state index contributed by atoms with van der Waals surface area (Å²) in [5.41, 5.74) is 10.7. The minimum atomic E-state index is -1.31. The molecule has 13 N–H and O–H groups in total. The number of ether oxygens (including phenoxy) is 3. The smallest absolute Gasteiger partial charge is 0.351 e. The summed E-state index contributed by atoms with van der Waals surface area (Å²) in [5, 5.41) is 82.5. The van der Waals surface area contributed by atoms with Crippen LogP contribution in [0.25, 0.3) is 11.0 Å². The summed E-state index contributed by atoms with van der Waals surface area (Å²) >= 11 is 1.80. The van der Waals surface area contributed by atoms with Crippen molar-refractivity contribution in [1.29, 1.82) is 0 Å². The summed E-state index contributed by atoms with van der Waals surface area (Å²) in [5.74, 6) is 0.938. The molecule has 8 rings (SSSR count). The number of halogens is 1. The third-order valence-electron chi connectivity index (χ3n) is 9.48. The van der Waals surface area contributed by atoms with Gasteiger partial charge in [0.1, 0.15) is 66.7 Å². The molecule has 25 nitrogen and oxygen atoms in total. The first-order valence-electron chi connectivity index (χ1n) is 17.1. The zero-order valence-corrected chi connectivity index (χ0v) is 31.9. The van der Waals surface area contributed by atoms with Crippen LogP contribution in [0.15, 0.2) is 50.5 Å². The quantitative estimate of drug-likeness (QED) is 0.0803. The van der Waals surface area contributed by atoms with Gasteiger partial charge in [0.2, 0.25) is 0 Å². The fraction of sp³-hybridized carbons (Fsp3) is 0.516. The van der Waals surface area contributed by atoms with Gasteiger partial charge in [-0.05, 0) is 28.7 Å². The maximum absolute atomic E-state index is 11.6. The van der Waals surface area contributed by atoms with E-state index in [0.29, 0.717) is 31.8 Å². The monoisotopic (exact) mass is 917 g/mol. The molecule has 3 fully saturated rings. The first kappa shape index (κ1) is 42.2. The Bertz CT molecular complexity index is 2290. The van der Waals surface area contributed by atoms with Crippen molar-refractivity contribution >= 4 is 51.1 Å². The molecule has 4 aromatic rings. The van der Waals surface area contributed by atoms with E-state index in [1.165, 1.54) is 29.4 Å². The third-order valence-corrected chi connectivity index (χ3v) is 10.3. The van der Waals surface area contributed by atoms with Gasteiger partial charge in [-0.3, -0.25) is 18.9 Å². The van der Waals surface area contributed by atoms with Crippen LogP contribution in [-0.2, 0) is 14.2 Å². The number of nitrogens with two attached hydrogens (primary N) is 2. The highest BCUT2D eigenvalue weighted by molar-refractivity contribution is 14.1. The summed E-state index contributed by atoms with van der Waals surface area (Å²) < 4.78 is 20.2. The summed E-state index contributed by atoms with van der Waals surface area (Å²) in [6, 6.07) is 1.37. The number of aromatic amines is 1. The van der Waals surface area contributed by atoms with Gasteiger partial charge in [0.25, 0.3) is 5.56 Å². The average Bonchev–Trinajstić information content (AvgIpc) is 3.92. The number of hydrogen-bond acceptors (Lipinski definition) is 21. The number of aliphatic hydroxyl groups is 8. The van der Waals surface area contributed by atoms with E-state index in [0.717, 1.165) is 4.57 Å². The maximum atomic E-state index is 11.6. The molecule has 0 amide bonds. The Morgan fingerprint density at radius 1 is 0.842 bits per heavy atom. The predicted octanol–water partition coefficient (Wildman–Crippen LogP) is -5.67. The van der Waals surface area contributed by atoms with Gasteiger partial charge in [-0.25, -0.2) is 24.6 Å². The molecule has 0 radical (unpaired) electrons. The lowest BCUT2D eigenvalue weighted by Crippen LogP contribution is -2.36. The van der Waals surface area contributed by atoms with Gasteiger partial charge in [-0.1, -0.05) is 0 Å². The van der Waals surface area contributed by atoms with Crippen LogP contribution in [0.2, 0.25) is 0 Å². The van der Waals surface area contributed by atoms with Crippen molar-refractivity contribution in [3.05, 3.63) is 71.4 Å². The van der Waals surface area contributed by atoms with Crippen LogP contribution < -0.4 is 33.4 Å². The molecule has 26 heteroatoms. The number of hydrazone groups is 1. The van der Waals surface area contributed by atoms with E-state index in [-0.39, 0.29) is 18.8 Å². The van der Waals surface area contributed by atoms with Gasteiger partial charge >= 0.3 is 11.4 Å². The van der Waals surface area contributed by atoms with Crippen molar-refractivity contribution in [3.63, 3.8) is 0 Å². The number of aliphatic hydroxyl groups excluding tert-OH is 8.